The van der Waals surface area contributed by atoms with Crippen molar-refractivity contribution in [2.75, 3.05) is 11.6 Å². The molecule has 0 fully saturated rings. The van der Waals surface area contributed by atoms with Gasteiger partial charge in [-0.3, -0.25) is 0 Å². The molecule has 0 unspecified atom stereocenters. The first kappa shape index (κ1) is 16.6. The standard InChI is InChI=1S/C17H19NO2S2/c1-13-4-8-15(9-5-13)18-12-17(21-3)22(19,20)16-10-6-14(2)7-11-16/h4-12,18H,1-3H3/b17-12+. The van der Waals surface area contributed by atoms with Gasteiger partial charge in [-0.1, -0.05) is 35.4 Å². The highest BCUT2D eigenvalue weighted by molar-refractivity contribution is 8.18. The van der Waals surface area contributed by atoms with E-state index in [-0.39, 0.29) is 4.24 Å². The maximum absolute atomic E-state index is 12.6. The van der Waals surface area contributed by atoms with E-state index in [1.165, 1.54) is 11.8 Å². The van der Waals surface area contributed by atoms with Gasteiger partial charge in [-0.2, -0.15) is 0 Å². The zero-order valence-corrected chi connectivity index (χ0v) is 14.5. The van der Waals surface area contributed by atoms with Crippen LogP contribution in [-0.2, 0) is 9.84 Å². The highest BCUT2D eigenvalue weighted by Gasteiger charge is 2.19. The summed E-state index contributed by atoms with van der Waals surface area (Å²) in [5, 5.41) is 3.05. The van der Waals surface area contributed by atoms with E-state index >= 15 is 0 Å². The van der Waals surface area contributed by atoms with Crippen molar-refractivity contribution >= 4 is 27.3 Å². The van der Waals surface area contributed by atoms with Crippen molar-refractivity contribution in [3.8, 4) is 0 Å². The van der Waals surface area contributed by atoms with E-state index in [4.69, 9.17) is 0 Å². The van der Waals surface area contributed by atoms with Crippen LogP contribution in [0, 0.1) is 13.8 Å². The molecule has 0 saturated heterocycles. The molecule has 0 bridgehead atoms. The Labute approximate surface area is 136 Å². The Balaban J connectivity index is 2.27. The molecule has 0 aromatic heterocycles. The summed E-state index contributed by atoms with van der Waals surface area (Å²) < 4.78 is 25.5. The van der Waals surface area contributed by atoms with Gasteiger partial charge in [-0.25, -0.2) is 8.42 Å². The fraction of sp³-hybridized carbons (Fsp3) is 0.176. The minimum Gasteiger partial charge on any atom is -0.360 e. The molecule has 5 heteroatoms. The quantitative estimate of drug-likeness (QED) is 0.883. The first-order chi connectivity index (χ1) is 10.4. The van der Waals surface area contributed by atoms with Crippen LogP contribution in [-0.4, -0.2) is 14.7 Å². The zero-order chi connectivity index (χ0) is 16.2. The van der Waals surface area contributed by atoms with E-state index in [9.17, 15) is 8.42 Å². The second-order valence-electron chi connectivity index (χ2n) is 4.99. The number of sulfone groups is 1. The molecule has 0 aliphatic heterocycles. The third-order valence-corrected chi connectivity index (χ3v) is 6.42. The Morgan fingerprint density at radius 3 is 1.95 bits per heavy atom. The van der Waals surface area contributed by atoms with E-state index in [0.717, 1.165) is 16.8 Å². The summed E-state index contributed by atoms with van der Waals surface area (Å²) in [7, 11) is -3.48. The van der Waals surface area contributed by atoms with Crippen LogP contribution in [0.25, 0.3) is 0 Å². The van der Waals surface area contributed by atoms with Gasteiger partial charge in [0.15, 0.2) is 0 Å². The molecule has 0 aliphatic carbocycles. The van der Waals surface area contributed by atoms with E-state index in [1.54, 1.807) is 36.7 Å². The second kappa shape index (κ2) is 7.03. The molecular formula is C17H19NO2S2. The molecule has 2 rings (SSSR count). The van der Waals surface area contributed by atoms with Gasteiger partial charge < -0.3 is 5.32 Å². The molecule has 0 spiro atoms. The third kappa shape index (κ3) is 3.93. The molecule has 116 valence electrons. The molecule has 0 amide bonds. The third-order valence-electron chi connectivity index (χ3n) is 3.21. The number of hydrogen-bond acceptors (Lipinski definition) is 4. The highest BCUT2D eigenvalue weighted by Crippen LogP contribution is 2.27. The first-order valence-corrected chi connectivity index (χ1v) is 9.53. The summed E-state index contributed by atoms with van der Waals surface area (Å²) in [6.07, 6.45) is 3.30. The Morgan fingerprint density at radius 2 is 1.45 bits per heavy atom. The van der Waals surface area contributed by atoms with Crippen molar-refractivity contribution in [1.29, 1.82) is 0 Å². The van der Waals surface area contributed by atoms with Crippen molar-refractivity contribution in [2.24, 2.45) is 0 Å². The van der Waals surface area contributed by atoms with E-state index in [2.05, 4.69) is 5.32 Å². The summed E-state index contributed by atoms with van der Waals surface area (Å²) in [4.78, 5) is 0.310. The smallest absolute Gasteiger partial charge is 0.213 e. The Morgan fingerprint density at radius 1 is 0.955 bits per heavy atom. The first-order valence-electron chi connectivity index (χ1n) is 6.82. The van der Waals surface area contributed by atoms with Crippen molar-refractivity contribution in [1.82, 2.24) is 0 Å². The summed E-state index contributed by atoms with van der Waals surface area (Å²) in [6, 6.07) is 14.7. The number of aryl methyl sites for hydroxylation is 2. The molecule has 0 heterocycles. The number of benzene rings is 2. The monoisotopic (exact) mass is 333 g/mol. The van der Waals surface area contributed by atoms with Crippen LogP contribution >= 0.6 is 11.8 Å². The fourth-order valence-corrected chi connectivity index (χ4v) is 4.16. The van der Waals surface area contributed by atoms with Gasteiger partial charge in [-0.15, -0.1) is 11.8 Å². The van der Waals surface area contributed by atoms with Gasteiger partial charge >= 0.3 is 0 Å². The predicted octanol–water partition coefficient (Wildman–Crippen LogP) is 4.35. The minimum absolute atomic E-state index is 0.289. The van der Waals surface area contributed by atoms with Crippen LogP contribution < -0.4 is 5.32 Å². The summed E-state index contributed by atoms with van der Waals surface area (Å²) in [6.45, 7) is 3.94. The average Bonchev–Trinajstić information content (AvgIpc) is 2.50. The number of thioether (sulfide) groups is 1. The number of hydrogen-bond donors (Lipinski definition) is 1. The summed E-state index contributed by atoms with van der Waals surface area (Å²) in [5.74, 6) is 0. The average molecular weight is 333 g/mol. The summed E-state index contributed by atoms with van der Waals surface area (Å²) >= 11 is 1.21. The van der Waals surface area contributed by atoms with Gasteiger partial charge in [0.2, 0.25) is 9.84 Å². The maximum atomic E-state index is 12.6. The van der Waals surface area contributed by atoms with E-state index in [0.29, 0.717) is 4.90 Å². The molecule has 0 radical (unpaired) electrons. The van der Waals surface area contributed by atoms with Crippen LogP contribution in [0.4, 0.5) is 5.69 Å². The van der Waals surface area contributed by atoms with Crippen molar-refractivity contribution < 1.29 is 8.42 Å². The lowest BCUT2D eigenvalue weighted by Crippen LogP contribution is -2.04. The van der Waals surface area contributed by atoms with Crippen LogP contribution in [0.1, 0.15) is 11.1 Å². The lowest BCUT2D eigenvalue weighted by Gasteiger charge is -2.08. The topological polar surface area (TPSA) is 46.2 Å². The van der Waals surface area contributed by atoms with E-state index < -0.39 is 9.84 Å². The molecule has 2 aromatic carbocycles. The Hall–Kier alpha value is -1.72. The normalized spacial score (nSPS) is 12.2. The largest absolute Gasteiger partial charge is 0.360 e. The molecular weight excluding hydrogens is 314 g/mol. The van der Waals surface area contributed by atoms with Gasteiger partial charge in [0.25, 0.3) is 0 Å². The molecule has 22 heavy (non-hydrogen) atoms. The van der Waals surface area contributed by atoms with Crippen LogP contribution in [0.3, 0.4) is 0 Å². The second-order valence-corrected chi connectivity index (χ2v) is 8.02. The molecule has 0 aliphatic rings. The lowest BCUT2D eigenvalue weighted by molar-refractivity contribution is 0.604. The van der Waals surface area contributed by atoms with Crippen LogP contribution in [0.2, 0.25) is 0 Å². The SMILES string of the molecule is CS/C(=C\Nc1ccc(C)cc1)S(=O)(=O)c1ccc(C)cc1. The van der Waals surface area contributed by atoms with E-state index in [1.807, 2.05) is 38.1 Å². The highest BCUT2D eigenvalue weighted by atomic mass is 32.3. The molecule has 0 saturated carbocycles. The fourth-order valence-electron chi connectivity index (χ4n) is 1.87. The number of rotatable bonds is 5. The lowest BCUT2D eigenvalue weighted by atomic mass is 10.2. The van der Waals surface area contributed by atoms with Crippen molar-refractivity contribution in [3.05, 3.63) is 70.1 Å². The van der Waals surface area contributed by atoms with Gasteiger partial charge in [-0.05, 0) is 44.4 Å². The maximum Gasteiger partial charge on any atom is 0.213 e. The van der Waals surface area contributed by atoms with Gasteiger partial charge in [0, 0.05) is 11.9 Å². The minimum atomic E-state index is -3.48. The van der Waals surface area contributed by atoms with Crippen molar-refractivity contribution in [3.63, 3.8) is 0 Å². The van der Waals surface area contributed by atoms with Gasteiger partial charge in [0.1, 0.15) is 4.24 Å². The van der Waals surface area contributed by atoms with Crippen LogP contribution in [0.15, 0.2) is 63.9 Å². The van der Waals surface area contributed by atoms with Crippen LogP contribution in [0.5, 0.6) is 0 Å². The Bertz CT molecular complexity index is 761. The molecule has 1 N–H and O–H groups in total. The molecule has 2 aromatic rings. The summed E-state index contributed by atoms with van der Waals surface area (Å²) in [5.41, 5.74) is 3.05. The zero-order valence-electron chi connectivity index (χ0n) is 12.8. The molecule has 3 nitrogen and oxygen atoms in total. The van der Waals surface area contributed by atoms with Crippen molar-refractivity contribution in [2.45, 2.75) is 18.7 Å². The number of anilines is 1. The predicted molar refractivity (Wildman–Crippen MR) is 94.8 cm³/mol. The Kier molecular flexibility index (Phi) is 5.32. The molecule has 0 atom stereocenters. The van der Waals surface area contributed by atoms with Gasteiger partial charge in [0.05, 0.1) is 4.90 Å². The number of nitrogens with one attached hydrogen (secondary N) is 1.